The highest BCUT2D eigenvalue weighted by atomic mass is 35.5. The fourth-order valence-electron chi connectivity index (χ4n) is 5.74. The molecule has 0 aromatic heterocycles. The molecule has 0 heterocycles. The number of hydrogen-bond acceptors (Lipinski definition) is 6. The Morgan fingerprint density at radius 3 is 2.49 bits per heavy atom. The molecule has 2 aliphatic rings. The van der Waals surface area contributed by atoms with Gasteiger partial charge >= 0.3 is 11.9 Å². The van der Waals surface area contributed by atoms with E-state index >= 15 is 0 Å². The molecule has 1 N–H and O–H groups in total. The molecular formula is C27H31Cl2NO5. The van der Waals surface area contributed by atoms with Gasteiger partial charge in [-0.25, -0.2) is 4.79 Å². The molecule has 6 nitrogen and oxygen atoms in total. The van der Waals surface area contributed by atoms with Gasteiger partial charge in [-0.1, -0.05) is 44.0 Å². The van der Waals surface area contributed by atoms with Gasteiger partial charge in [0.15, 0.2) is 0 Å². The van der Waals surface area contributed by atoms with Crippen LogP contribution in [0.1, 0.15) is 62.9 Å². The minimum atomic E-state index is -0.536. The Bertz CT molecular complexity index is 1180. The number of fused-ring (bicyclic) bond motifs is 2. The minimum Gasteiger partial charge on any atom is -0.506 e. The third kappa shape index (κ3) is 4.58. The van der Waals surface area contributed by atoms with E-state index in [9.17, 15) is 14.7 Å². The predicted octanol–water partition coefficient (Wildman–Crippen LogP) is 6.63. The van der Waals surface area contributed by atoms with Gasteiger partial charge in [-0.05, 0) is 54.9 Å². The average molecular weight is 520 g/mol. The van der Waals surface area contributed by atoms with Crippen LogP contribution in [0, 0.1) is 16.7 Å². The number of rotatable bonds is 6. The van der Waals surface area contributed by atoms with Crippen molar-refractivity contribution in [1.29, 1.82) is 0 Å². The van der Waals surface area contributed by atoms with Crippen LogP contribution >= 0.6 is 23.2 Å². The molecule has 0 amide bonds. The molecule has 2 bridgehead atoms. The molecule has 0 saturated heterocycles. The largest absolute Gasteiger partial charge is 0.506 e. The van der Waals surface area contributed by atoms with Crippen LogP contribution in [0.4, 0.5) is 5.69 Å². The number of carbonyl (C=O) groups excluding carboxylic acids is 2. The highest BCUT2D eigenvalue weighted by molar-refractivity contribution is 6.35. The molecule has 0 spiro atoms. The number of anilines is 1. The quantitative estimate of drug-likeness (QED) is 0.340. The molecule has 8 heteroatoms. The number of benzene rings is 2. The van der Waals surface area contributed by atoms with Crippen LogP contribution in [0.5, 0.6) is 11.5 Å². The number of aromatic hydroxyl groups is 1. The number of esters is 2. The fourth-order valence-corrected chi connectivity index (χ4v) is 6.28. The number of phenols is 1. The van der Waals surface area contributed by atoms with Crippen molar-refractivity contribution in [3.63, 3.8) is 0 Å². The molecule has 3 atom stereocenters. The molecule has 2 aliphatic carbocycles. The van der Waals surface area contributed by atoms with Gasteiger partial charge in [0, 0.05) is 48.3 Å². The lowest BCUT2D eigenvalue weighted by Gasteiger charge is -2.38. The van der Waals surface area contributed by atoms with Gasteiger partial charge in [-0.15, -0.1) is 0 Å². The van der Waals surface area contributed by atoms with E-state index in [1.54, 1.807) is 31.3 Å². The number of carbonyl (C=O) groups is 2. The first-order valence-electron chi connectivity index (χ1n) is 11.7. The average Bonchev–Trinajstić information content (AvgIpc) is 3.10. The van der Waals surface area contributed by atoms with Gasteiger partial charge in [0.1, 0.15) is 23.2 Å². The second-order valence-corrected chi connectivity index (χ2v) is 11.4. The second kappa shape index (κ2) is 9.21. The molecule has 2 aromatic rings. The summed E-state index contributed by atoms with van der Waals surface area (Å²) in [4.78, 5) is 26.9. The fraction of sp³-hybridized carbons (Fsp3) is 0.481. The van der Waals surface area contributed by atoms with Crippen molar-refractivity contribution in [3.05, 3.63) is 51.5 Å². The lowest BCUT2D eigenvalue weighted by Crippen LogP contribution is -2.38. The van der Waals surface area contributed by atoms with Crippen LogP contribution in [0.15, 0.2) is 30.3 Å². The molecule has 4 rings (SSSR count). The van der Waals surface area contributed by atoms with Gasteiger partial charge in [-0.2, -0.15) is 0 Å². The van der Waals surface area contributed by atoms with E-state index in [1.807, 2.05) is 4.90 Å². The number of ether oxygens (including phenoxy) is 2. The lowest BCUT2D eigenvalue weighted by molar-refractivity contribution is -0.131. The van der Waals surface area contributed by atoms with Crippen molar-refractivity contribution in [2.45, 2.75) is 59.6 Å². The van der Waals surface area contributed by atoms with Crippen molar-refractivity contribution < 1.29 is 24.2 Å². The van der Waals surface area contributed by atoms with E-state index in [4.69, 9.17) is 32.7 Å². The van der Waals surface area contributed by atoms with Gasteiger partial charge in [0.2, 0.25) is 0 Å². The Balaban J connectivity index is 1.57. The second-order valence-electron chi connectivity index (χ2n) is 10.5. The van der Waals surface area contributed by atoms with Crippen LogP contribution in [0.2, 0.25) is 10.0 Å². The van der Waals surface area contributed by atoms with E-state index in [2.05, 4.69) is 20.8 Å². The summed E-state index contributed by atoms with van der Waals surface area (Å²) < 4.78 is 11.4. The number of nitrogens with zero attached hydrogens (tertiary/aromatic N) is 1. The van der Waals surface area contributed by atoms with Crippen molar-refractivity contribution >= 4 is 40.8 Å². The van der Waals surface area contributed by atoms with Crippen molar-refractivity contribution in [2.75, 3.05) is 11.9 Å². The van der Waals surface area contributed by atoms with E-state index in [0.29, 0.717) is 22.2 Å². The molecule has 2 saturated carbocycles. The Morgan fingerprint density at radius 1 is 1.17 bits per heavy atom. The van der Waals surface area contributed by atoms with Crippen molar-refractivity contribution in [3.8, 4) is 11.5 Å². The zero-order chi connectivity index (χ0) is 25.7. The smallest absolute Gasteiger partial charge is 0.342 e. The lowest BCUT2D eigenvalue weighted by atomic mass is 9.70. The van der Waals surface area contributed by atoms with E-state index in [0.717, 1.165) is 19.3 Å². The van der Waals surface area contributed by atoms with Crippen LogP contribution in [0.3, 0.4) is 0 Å². The normalized spacial score (nSPS) is 24.3. The maximum atomic E-state index is 13.2. The third-order valence-corrected chi connectivity index (χ3v) is 8.86. The minimum absolute atomic E-state index is 0.0504. The Hall–Kier alpha value is -2.44. The Labute approximate surface area is 216 Å². The van der Waals surface area contributed by atoms with Crippen LogP contribution < -0.4 is 9.64 Å². The number of hydrogen-bond donors (Lipinski definition) is 1. The van der Waals surface area contributed by atoms with E-state index in [1.165, 1.54) is 13.0 Å². The molecular weight excluding hydrogens is 489 g/mol. The highest BCUT2D eigenvalue weighted by Crippen LogP contribution is 2.66. The van der Waals surface area contributed by atoms with Gasteiger partial charge in [0.25, 0.3) is 0 Å². The van der Waals surface area contributed by atoms with E-state index in [-0.39, 0.29) is 45.6 Å². The third-order valence-electron chi connectivity index (χ3n) is 8.36. The van der Waals surface area contributed by atoms with E-state index < -0.39 is 11.9 Å². The van der Waals surface area contributed by atoms with Gasteiger partial charge < -0.3 is 19.5 Å². The summed E-state index contributed by atoms with van der Waals surface area (Å²) in [5, 5.41) is 10.9. The van der Waals surface area contributed by atoms with Crippen LogP contribution in [0.25, 0.3) is 0 Å². The topological polar surface area (TPSA) is 76.1 Å². The number of phenolic OH excluding ortho intramolecular Hbond substituents is 1. The summed E-state index contributed by atoms with van der Waals surface area (Å²) in [6, 6.07) is 8.08. The SMILES string of the molecule is CC(=O)Oc1cc(N(C)Cc2cc(Cl)cc(Cl)c2O)ccc1C(=O)OC1CC2CCC1(C)C2(C)C. The molecule has 35 heavy (non-hydrogen) atoms. The maximum absolute atomic E-state index is 13.2. The monoisotopic (exact) mass is 519 g/mol. The molecule has 0 aliphatic heterocycles. The molecule has 3 unspecified atom stereocenters. The highest BCUT2D eigenvalue weighted by Gasteiger charge is 2.62. The summed E-state index contributed by atoms with van der Waals surface area (Å²) in [6.07, 6.45) is 2.87. The zero-order valence-electron chi connectivity index (χ0n) is 20.7. The Kier molecular flexibility index (Phi) is 6.75. The standard InChI is InChI=1S/C27H31Cl2NO5/c1-15(31)34-22-13-19(30(5)14-16-10-18(28)12-21(29)24(16)32)6-7-20(22)25(33)35-23-11-17-8-9-27(23,4)26(17,2)3/h6-7,10,12-13,17,23,32H,8-9,11,14H2,1-5H3. The summed E-state index contributed by atoms with van der Waals surface area (Å²) in [5.74, 6) is -0.417. The van der Waals surface area contributed by atoms with Gasteiger partial charge in [0.05, 0.1) is 5.02 Å². The van der Waals surface area contributed by atoms with Crippen LogP contribution in [-0.2, 0) is 16.1 Å². The maximum Gasteiger partial charge on any atom is 0.342 e. The molecule has 0 radical (unpaired) electrons. The zero-order valence-corrected chi connectivity index (χ0v) is 22.2. The first-order chi connectivity index (χ1) is 16.3. The summed E-state index contributed by atoms with van der Waals surface area (Å²) in [5.41, 5.74) is 1.44. The number of halogens is 2. The van der Waals surface area contributed by atoms with Gasteiger partial charge in [-0.3, -0.25) is 4.79 Å². The van der Waals surface area contributed by atoms with Crippen LogP contribution in [-0.4, -0.2) is 30.2 Å². The molecule has 188 valence electrons. The first kappa shape index (κ1) is 25.6. The molecule has 2 fully saturated rings. The Morgan fingerprint density at radius 2 is 1.89 bits per heavy atom. The molecule has 2 aromatic carbocycles. The predicted molar refractivity (Wildman–Crippen MR) is 136 cm³/mol. The van der Waals surface area contributed by atoms with Crippen molar-refractivity contribution in [1.82, 2.24) is 0 Å². The summed E-state index contributed by atoms with van der Waals surface area (Å²) in [7, 11) is 1.80. The van der Waals surface area contributed by atoms with Crippen molar-refractivity contribution in [2.24, 2.45) is 16.7 Å². The summed E-state index contributed by atoms with van der Waals surface area (Å²) >= 11 is 12.1. The first-order valence-corrected chi connectivity index (χ1v) is 12.5. The summed E-state index contributed by atoms with van der Waals surface area (Å²) in [6.45, 7) is 8.31.